The molecule has 0 aliphatic rings. The molecule has 0 heterocycles. The second-order valence-corrected chi connectivity index (χ2v) is 14.5. The van der Waals surface area contributed by atoms with Crippen LogP contribution in [0.3, 0.4) is 0 Å². The SMILES string of the molecule is Cc1ccc(NC(=O)Nc2ccccc2CN(Cc2cc(C)ccc2NC(=O)Nc2ccc(C)cc2)Cc2cc(C)ccc2NC(=O)Nc2ccc(C)cc2)cc1. The van der Waals surface area contributed by atoms with Crippen LogP contribution in [0.15, 0.2) is 133 Å². The lowest BCUT2D eigenvalue weighted by Gasteiger charge is -2.27. The number of hydrogen-bond donors (Lipinski definition) is 6. The van der Waals surface area contributed by atoms with E-state index in [0.717, 1.165) is 44.5 Å². The predicted octanol–water partition coefficient (Wildman–Crippen LogP) is 11.4. The molecule has 0 saturated heterocycles. The van der Waals surface area contributed by atoms with Crippen LogP contribution in [0.1, 0.15) is 44.5 Å². The van der Waals surface area contributed by atoms with Gasteiger partial charge in [-0.2, -0.15) is 0 Å². The van der Waals surface area contributed by atoms with Gasteiger partial charge in [0.05, 0.1) is 0 Å². The number of benzene rings is 6. The Bertz CT molecular complexity index is 2230. The maximum Gasteiger partial charge on any atom is 0.323 e. The number of anilines is 6. The van der Waals surface area contributed by atoms with E-state index in [-0.39, 0.29) is 18.1 Å². The van der Waals surface area contributed by atoms with Gasteiger partial charge in [0.15, 0.2) is 0 Å². The Kier molecular flexibility index (Phi) is 13.0. The Hall–Kier alpha value is -6.91. The summed E-state index contributed by atoms with van der Waals surface area (Å²) in [4.78, 5) is 42.0. The topological polar surface area (TPSA) is 127 Å². The molecule has 6 N–H and O–H groups in total. The minimum absolute atomic E-state index is 0.352. The number of para-hydroxylation sites is 1. The first-order chi connectivity index (χ1) is 27.4. The summed E-state index contributed by atoms with van der Waals surface area (Å²) in [6.07, 6.45) is 0. The zero-order valence-corrected chi connectivity index (χ0v) is 33.0. The normalized spacial score (nSPS) is 10.8. The monoisotopic (exact) mass is 759 g/mol. The average Bonchev–Trinajstić information content (AvgIpc) is 3.17. The lowest BCUT2D eigenvalue weighted by Crippen LogP contribution is -2.27. The van der Waals surface area contributed by atoms with Gasteiger partial charge >= 0.3 is 18.1 Å². The second-order valence-electron chi connectivity index (χ2n) is 14.5. The van der Waals surface area contributed by atoms with Crippen molar-refractivity contribution in [2.45, 2.75) is 54.3 Å². The van der Waals surface area contributed by atoms with Crippen molar-refractivity contribution in [3.05, 3.63) is 178 Å². The fourth-order valence-electron chi connectivity index (χ4n) is 6.39. The van der Waals surface area contributed by atoms with E-state index in [2.05, 4.69) is 48.9 Å². The molecule has 57 heavy (non-hydrogen) atoms. The van der Waals surface area contributed by atoms with Gasteiger partial charge in [-0.3, -0.25) is 4.90 Å². The summed E-state index contributed by atoms with van der Waals surface area (Å²) in [5.41, 5.74) is 12.1. The maximum atomic E-state index is 13.3. The van der Waals surface area contributed by atoms with E-state index in [1.807, 2.05) is 156 Å². The van der Waals surface area contributed by atoms with Gasteiger partial charge in [-0.25, -0.2) is 14.4 Å². The van der Waals surface area contributed by atoms with Crippen molar-refractivity contribution in [2.75, 3.05) is 31.9 Å². The number of nitrogens with one attached hydrogen (secondary N) is 6. The third-order valence-electron chi connectivity index (χ3n) is 9.39. The van der Waals surface area contributed by atoms with Crippen LogP contribution in [-0.4, -0.2) is 23.0 Å². The fraction of sp³-hybridized carbons (Fsp3) is 0.170. The molecular weight excluding hydrogens is 711 g/mol. The molecule has 0 aliphatic heterocycles. The highest BCUT2D eigenvalue weighted by Gasteiger charge is 2.18. The second kappa shape index (κ2) is 18.6. The summed E-state index contributed by atoms with van der Waals surface area (Å²) in [6.45, 7) is 11.3. The van der Waals surface area contributed by atoms with Gasteiger partial charge in [-0.15, -0.1) is 0 Å². The Morgan fingerprint density at radius 3 is 1.07 bits per heavy atom. The summed E-state index contributed by atoms with van der Waals surface area (Å²) in [7, 11) is 0. The highest BCUT2D eigenvalue weighted by Crippen LogP contribution is 2.28. The molecule has 290 valence electrons. The van der Waals surface area contributed by atoms with E-state index in [4.69, 9.17) is 0 Å². The first-order valence-corrected chi connectivity index (χ1v) is 18.9. The predicted molar refractivity (Wildman–Crippen MR) is 233 cm³/mol. The van der Waals surface area contributed by atoms with E-state index < -0.39 is 0 Å². The summed E-state index contributed by atoms with van der Waals surface area (Å²) in [5.74, 6) is 0. The number of urea groups is 3. The minimum Gasteiger partial charge on any atom is -0.308 e. The Morgan fingerprint density at radius 1 is 0.368 bits per heavy atom. The number of rotatable bonds is 12. The fourth-order valence-corrected chi connectivity index (χ4v) is 6.39. The van der Waals surface area contributed by atoms with E-state index >= 15 is 0 Å². The molecule has 6 rings (SSSR count). The van der Waals surface area contributed by atoms with Crippen LogP contribution in [0.2, 0.25) is 0 Å². The lowest BCUT2D eigenvalue weighted by molar-refractivity contribution is 0.248. The van der Waals surface area contributed by atoms with Crippen molar-refractivity contribution in [3.63, 3.8) is 0 Å². The van der Waals surface area contributed by atoms with Gasteiger partial charge in [0, 0.05) is 53.8 Å². The number of nitrogens with zero attached hydrogens (tertiary/aromatic N) is 1. The van der Waals surface area contributed by atoms with Crippen molar-refractivity contribution in [3.8, 4) is 0 Å². The molecule has 0 saturated carbocycles. The van der Waals surface area contributed by atoms with Crippen LogP contribution in [-0.2, 0) is 19.6 Å². The summed E-state index contributed by atoms with van der Waals surface area (Å²) in [5, 5.41) is 18.0. The Labute approximate surface area is 334 Å². The van der Waals surface area contributed by atoms with Gasteiger partial charge in [0.1, 0.15) is 0 Å². The molecule has 0 fully saturated rings. The van der Waals surface area contributed by atoms with E-state index in [0.29, 0.717) is 53.8 Å². The highest BCUT2D eigenvalue weighted by molar-refractivity contribution is 6.01. The average molecular weight is 760 g/mol. The van der Waals surface area contributed by atoms with Gasteiger partial charge in [0.2, 0.25) is 0 Å². The largest absolute Gasteiger partial charge is 0.323 e. The quantitative estimate of drug-likeness (QED) is 0.0742. The zero-order chi connectivity index (χ0) is 40.3. The first-order valence-electron chi connectivity index (χ1n) is 18.9. The Balaban J connectivity index is 1.29. The van der Waals surface area contributed by atoms with E-state index in [9.17, 15) is 14.4 Å². The number of amides is 6. The minimum atomic E-state index is -0.354. The Morgan fingerprint density at radius 2 is 0.684 bits per heavy atom. The van der Waals surface area contributed by atoms with Crippen molar-refractivity contribution < 1.29 is 14.4 Å². The molecule has 0 radical (unpaired) electrons. The lowest BCUT2D eigenvalue weighted by atomic mass is 10.0. The third kappa shape index (κ3) is 11.8. The van der Waals surface area contributed by atoms with Crippen LogP contribution in [0, 0.1) is 34.6 Å². The van der Waals surface area contributed by atoms with Crippen molar-refractivity contribution in [2.24, 2.45) is 0 Å². The van der Waals surface area contributed by atoms with Crippen LogP contribution >= 0.6 is 0 Å². The maximum absolute atomic E-state index is 13.3. The van der Waals surface area contributed by atoms with Crippen LogP contribution in [0.25, 0.3) is 0 Å². The third-order valence-corrected chi connectivity index (χ3v) is 9.39. The van der Waals surface area contributed by atoms with E-state index in [1.54, 1.807) is 0 Å². The molecule has 0 unspecified atom stereocenters. The van der Waals surface area contributed by atoms with Gasteiger partial charge in [-0.1, -0.05) is 107 Å². The van der Waals surface area contributed by atoms with Crippen molar-refractivity contribution in [1.29, 1.82) is 0 Å². The molecule has 0 aromatic heterocycles. The number of hydrogen-bond acceptors (Lipinski definition) is 4. The summed E-state index contributed by atoms with van der Waals surface area (Å²) in [6, 6.07) is 41.4. The van der Waals surface area contributed by atoms with Crippen LogP contribution < -0.4 is 31.9 Å². The first kappa shape index (κ1) is 39.8. The van der Waals surface area contributed by atoms with E-state index in [1.165, 1.54) is 0 Å². The molecule has 0 aliphatic carbocycles. The van der Waals surface area contributed by atoms with Gasteiger partial charge < -0.3 is 31.9 Å². The molecule has 6 aromatic rings. The molecule has 6 aromatic carbocycles. The molecule has 0 atom stereocenters. The number of aryl methyl sites for hydroxylation is 5. The summed E-state index contributed by atoms with van der Waals surface area (Å²) < 4.78 is 0. The molecule has 10 heteroatoms. The molecule has 0 spiro atoms. The molecular formula is C47H49N7O3. The van der Waals surface area contributed by atoms with Gasteiger partial charge in [-0.05, 0) is 106 Å². The smallest absolute Gasteiger partial charge is 0.308 e. The molecule has 10 nitrogen and oxygen atoms in total. The zero-order valence-electron chi connectivity index (χ0n) is 33.0. The molecule has 0 bridgehead atoms. The van der Waals surface area contributed by atoms with Crippen LogP contribution in [0.4, 0.5) is 48.5 Å². The van der Waals surface area contributed by atoms with Crippen molar-refractivity contribution >= 4 is 52.2 Å². The standard InChI is InChI=1S/C47H49N7O3/c1-31-10-18-39(19-11-31)48-45(55)51-42-9-7-6-8-36(42)28-54(29-37-26-34(4)16-24-43(37)52-46(56)49-40-20-12-32(2)13-21-40)30-38-27-35(5)17-25-44(38)53-47(57)50-41-22-14-33(3)15-23-41/h6-27H,28-30H2,1-5H3,(H2,48,51,55)(H2,49,52,56)(H2,50,53,57). The van der Waals surface area contributed by atoms with Gasteiger partial charge in [0.25, 0.3) is 0 Å². The number of carbonyl (C=O) groups excluding carboxylic acids is 3. The van der Waals surface area contributed by atoms with Crippen LogP contribution in [0.5, 0.6) is 0 Å². The highest BCUT2D eigenvalue weighted by atomic mass is 16.2. The van der Waals surface area contributed by atoms with Crippen molar-refractivity contribution in [1.82, 2.24) is 4.90 Å². The summed E-state index contributed by atoms with van der Waals surface area (Å²) >= 11 is 0. The molecule has 6 amide bonds. The number of carbonyl (C=O) groups is 3.